The Morgan fingerprint density at radius 3 is 2.61 bits per heavy atom. The number of carboxylic acids is 1. The minimum atomic E-state index is -1.07. The maximum Gasteiger partial charge on any atom is 0.347 e. The van der Waals surface area contributed by atoms with E-state index >= 15 is 0 Å². The summed E-state index contributed by atoms with van der Waals surface area (Å²) in [7, 11) is 0. The van der Waals surface area contributed by atoms with Crippen LogP contribution in [0.15, 0.2) is 28.7 Å². The Bertz CT molecular complexity index is 1160. The van der Waals surface area contributed by atoms with Gasteiger partial charge in [-0.15, -0.1) is 10.2 Å². The standard InChI is InChI=1S/C20H19N5O5S/c1-9-15(19(28)29)31-20(21-9)23-17(27)13-7-14(8-13)22-16(26)11-4-3-5-12(6-11)18-25-24-10(2)30-18/h3-6,13-14H,7-8H2,1-2H3,(H,22,26)(H,28,29)(H,21,23,27)/t13-,14+. The molecule has 0 aliphatic heterocycles. The Balaban J connectivity index is 1.31. The van der Waals surface area contributed by atoms with E-state index in [1.54, 1.807) is 38.1 Å². The molecule has 10 nitrogen and oxygen atoms in total. The molecule has 160 valence electrons. The highest BCUT2D eigenvalue weighted by molar-refractivity contribution is 7.17. The largest absolute Gasteiger partial charge is 0.477 e. The Morgan fingerprint density at radius 2 is 1.97 bits per heavy atom. The number of hydrogen-bond acceptors (Lipinski definition) is 8. The zero-order valence-corrected chi connectivity index (χ0v) is 17.5. The van der Waals surface area contributed by atoms with Gasteiger partial charge in [0.1, 0.15) is 4.88 Å². The van der Waals surface area contributed by atoms with Gasteiger partial charge in [0, 0.05) is 30.0 Å². The molecule has 2 amide bonds. The molecule has 0 bridgehead atoms. The number of amides is 2. The minimum Gasteiger partial charge on any atom is -0.477 e. The molecule has 2 aromatic heterocycles. The Hall–Kier alpha value is -3.60. The van der Waals surface area contributed by atoms with Crippen molar-refractivity contribution in [2.45, 2.75) is 32.7 Å². The number of nitrogens with one attached hydrogen (secondary N) is 2. The van der Waals surface area contributed by atoms with Gasteiger partial charge >= 0.3 is 5.97 Å². The molecule has 31 heavy (non-hydrogen) atoms. The fourth-order valence-electron chi connectivity index (χ4n) is 3.28. The number of thiazole rings is 1. The number of aromatic carboxylic acids is 1. The highest BCUT2D eigenvalue weighted by Gasteiger charge is 2.36. The number of nitrogens with zero attached hydrogens (tertiary/aromatic N) is 3. The number of anilines is 1. The van der Waals surface area contributed by atoms with Crippen molar-refractivity contribution in [3.63, 3.8) is 0 Å². The quantitative estimate of drug-likeness (QED) is 0.529. The van der Waals surface area contributed by atoms with E-state index in [4.69, 9.17) is 9.52 Å². The lowest BCUT2D eigenvalue weighted by atomic mass is 9.79. The second kappa shape index (κ2) is 8.26. The van der Waals surface area contributed by atoms with Crippen LogP contribution >= 0.6 is 11.3 Å². The van der Waals surface area contributed by atoms with Gasteiger partial charge in [-0.3, -0.25) is 9.59 Å². The van der Waals surface area contributed by atoms with Crippen molar-refractivity contribution in [2.24, 2.45) is 5.92 Å². The van der Waals surface area contributed by atoms with Gasteiger partial charge in [-0.25, -0.2) is 9.78 Å². The molecule has 0 spiro atoms. The second-order valence-electron chi connectivity index (χ2n) is 7.27. The highest BCUT2D eigenvalue weighted by atomic mass is 32.1. The summed E-state index contributed by atoms with van der Waals surface area (Å²) in [6.45, 7) is 3.27. The van der Waals surface area contributed by atoms with Crippen LogP contribution in [0.5, 0.6) is 0 Å². The average Bonchev–Trinajstić information content (AvgIpc) is 3.29. The number of carbonyl (C=O) groups excluding carboxylic acids is 2. The third-order valence-corrected chi connectivity index (χ3v) is 6.02. The summed E-state index contributed by atoms with van der Waals surface area (Å²) in [6, 6.07) is 6.77. The Labute approximate surface area is 180 Å². The van der Waals surface area contributed by atoms with Gasteiger partial charge in [0.2, 0.25) is 17.7 Å². The smallest absolute Gasteiger partial charge is 0.347 e. The number of rotatable bonds is 6. The molecule has 1 aromatic carbocycles. The average molecular weight is 441 g/mol. The van der Waals surface area contributed by atoms with E-state index < -0.39 is 5.97 Å². The van der Waals surface area contributed by atoms with Gasteiger partial charge in [-0.2, -0.15) is 0 Å². The lowest BCUT2D eigenvalue weighted by Gasteiger charge is -2.34. The molecule has 0 saturated heterocycles. The van der Waals surface area contributed by atoms with Crippen molar-refractivity contribution in [2.75, 3.05) is 5.32 Å². The second-order valence-corrected chi connectivity index (χ2v) is 8.27. The molecule has 4 rings (SSSR count). The number of carboxylic acid groups (broad SMARTS) is 1. The molecular formula is C20H19N5O5S. The van der Waals surface area contributed by atoms with Crippen LogP contribution in [-0.4, -0.2) is 44.1 Å². The number of aromatic nitrogens is 3. The van der Waals surface area contributed by atoms with Crippen LogP contribution in [0.1, 0.15) is 44.5 Å². The van der Waals surface area contributed by atoms with E-state index in [1.165, 1.54) is 0 Å². The molecule has 0 atom stereocenters. The number of benzene rings is 1. The predicted molar refractivity (Wildman–Crippen MR) is 111 cm³/mol. The fraction of sp³-hybridized carbons (Fsp3) is 0.300. The van der Waals surface area contributed by atoms with E-state index in [9.17, 15) is 14.4 Å². The summed E-state index contributed by atoms with van der Waals surface area (Å²) in [5, 5.41) is 22.7. The molecule has 1 aliphatic carbocycles. The predicted octanol–water partition coefficient (Wildman–Crippen LogP) is 2.66. The molecule has 1 fully saturated rings. The van der Waals surface area contributed by atoms with Gasteiger partial charge in [-0.05, 0) is 38.0 Å². The van der Waals surface area contributed by atoms with Crippen molar-refractivity contribution >= 4 is 34.3 Å². The van der Waals surface area contributed by atoms with Gasteiger partial charge in [0.15, 0.2) is 5.13 Å². The fourth-order valence-corrected chi connectivity index (χ4v) is 4.09. The van der Waals surface area contributed by atoms with Gasteiger partial charge < -0.3 is 20.2 Å². The first-order chi connectivity index (χ1) is 14.8. The van der Waals surface area contributed by atoms with Crippen LogP contribution in [0.3, 0.4) is 0 Å². The summed E-state index contributed by atoms with van der Waals surface area (Å²) in [6.07, 6.45) is 0.993. The van der Waals surface area contributed by atoms with Crippen LogP contribution in [0.2, 0.25) is 0 Å². The summed E-state index contributed by atoms with van der Waals surface area (Å²) < 4.78 is 5.39. The van der Waals surface area contributed by atoms with Gasteiger partial charge in [0.25, 0.3) is 5.91 Å². The van der Waals surface area contributed by atoms with Crippen molar-refractivity contribution < 1.29 is 23.9 Å². The van der Waals surface area contributed by atoms with Crippen molar-refractivity contribution in [3.8, 4) is 11.5 Å². The maximum absolute atomic E-state index is 12.6. The number of aryl methyl sites for hydroxylation is 2. The molecular weight excluding hydrogens is 422 g/mol. The first-order valence-corrected chi connectivity index (χ1v) is 10.3. The van der Waals surface area contributed by atoms with Crippen molar-refractivity contribution in [3.05, 3.63) is 46.3 Å². The van der Waals surface area contributed by atoms with E-state index in [2.05, 4.69) is 25.8 Å². The normalized spacial score (nSPS) is 17.6. The number of carbonyl (C=O) groups is 3. The minimum absolute atomic E-state index is 0.104. The van der Waals surface area contributed by atoms with Crippen LogP contribution < -0.4 is 10.6 Å². The molecule has 2 heterocycles. The van der Waals surface area contributed by atoms with Crippen LogP contribution in [-0.2, 0) is 4.79 Å². The lowest BCUT2D eigenvalue weighted by Crippen LogP contribution is -2.48. The van der Waals surface area contributed by atoms with Crippen molar-refractivity contribution in [1.29, 1.82) is 0 Å². The first-order valence-electron chi connectivity index (χ1n) is 9.53. The van der Waals surface area contributed by atoms with Crippen LogP contribution in [0.25, 0.3) is 11.5 Å². The summed E-state index contributed by atoms with van der Waals surface area (Å²) in [5.41, 5.74) is 1.48. The lowest BCUT2D eigenvalue weighted by molar-refractivity contribution is -0.122. The summed E-state index contributed by atoms with van der Waals surface area (Å²) in [4.78, 5) is 40.2. The first kappa shape index (κ1) is 20.7. The van der Waals surface area contributed by atoms with Gasteiger partial charge in [0.05, 0.1) is 5.69 Å². The maximum atomic E-state index is 12.6. The third kappa shape index (κ3) is 4.45. The molecule has 11 heteroatoms. The third-order valence-electron chi connectivity index (χ3n) is 4.96. The van der Waals surface area contributed by atoms with E-state index in [-0.39, 0.29) is 33.8 Å². The zero-order chi connectivity index (χ0) is 22.1. The SMILES string of the molecule is Cc1nnc(-c2cccc(C(=O)N[C@H]3C[C@@H](C(=O)Nc4nc(C)c(C(=O)O)s4)C3)c2)o1. The summed E-state index contributed by atoms with van der Waals surface area (Å²) >= 11 is 0.928. The molecule has 3 aromatic rings. The van der Waals surface area contributed by atoms with Crippen LogP contribution in [0, 0.1) is 19.8 Å². The monoisotopic (exact) mass is 441 g/mol. The topological polar surface area (TPSA) is 147 Å². The Morgan fingerprint density at radius 1 is 1.19 bits per heavy atom. The van der Waals surface area contributed by atoms with Crippen molar-refractivity contribution in [1.82, 2.24) is 20.5 Å². The molecule has 3 N–H and O–H groups in total. The van der Waals surface area contributed by atoms with Gasteiger partial charge in [-0.1, -0.05) is 17.4 Å². The molecule has 0 radical (unpaired) electrons. The molecule has 1 aliphatic rings. The van der Waals surface area contributed by atoms with E-state index in [1.807, 2.05) is 0 Å². The Kier molecular flexibility index (Phi) is 5.51. The molecule has 0 unspecified atom stereocenters. The highest BCUT2D eigenvalue weighted by Crippen LogP contribution is 2.30. The van der Waals surface area contributed by atoms with Crippen LogP contribution in [0.4, 0.5) is 5.13 Å². The molecule has 1 saturated carbocycles. The van der Waals surface area contributed by atoms with E-state index in [0.29, 0.717) is 41.4 Å². The summed E-state index contributed by atoms with van der Waals surface area (Å²) in [5.74, 6) is -1.03. The number of hydrogen-bond donors (Lipinski definition) is 3. The van der Waals surface area contributed by atoms with E-state index in [0.717, 1.165) is 11.3 Å². The zero-order valence-electron chi connectivity index (χ0n) is 16.7.